The van der Waals surface area contributed by atoms with E-state index in [2.05, 4.69) is 5.32 Å². The van der Waals surface area contributed by atoms with Crippen molar-refractivity contribution in [1.29, 1.82) is 0 Å². The molecule has 0 aliphatic carbocycles. The number of anilines is 1. The van der Waals surface area contributed by atoms with Crippen LogP contribution in [0, 0.1) is 6.92 Å². The summed E-state index contributed by atoms with van der Waals surface area (Å²) in [5.74, 6) is 0. The molecular formula is C13H16N2O2. The van der Waals surface area contributed by atoms with E-state index in [0.29, 0.717) is 6.54 Å². The molecule has 3 rings (SSSR count). The molecule has 0 saturated carbocycles. The fourth-order valence-corrected chi connectivity index (χ4v) is 2.62. The van der Waals surface area contributed by atoms with Gasteiger partial charge >= 0.3 is 6.09 Å². The van der Waals surface area contributed by atoms with Crippen molar-refractivity contribution in [1.82, 2.24) is 5.32 Å². The normalized spacial score (nSPS) is 27.8. The Kier molecular flexibility index (Phi) is 2.33. The van der Waals surface area contributed by atoms with Crippen molar-refractivity contribution >= 4 is 11.8 Å². The lowest BCUT2D eigenvalue weighted by Gasteiger charge is -2.19. The second-order valence-corrected chi connectivity index (χ2v) is 4.85. The molecule has 1 aromatic carbocycles. The molecule has 2 aliphatic heterocycles. The summed E-state index contributed by atoms with van der Waals surface area (Å²) in [6.45, 7) is 4.36. The standard InChI is InChI=1S/C13H16N2O2/c1-10-4-2-3-5-11(10)15-9-13(17-12(15)16)6-7-14-8-13/h2-5,14H,6-9H2,1H3. The van der Waals surface area contributed by atoms with Crippen LogP contribution in [0.3, 0.4) is 0 Å². The summed E-state index contributed by atoms with van der Waals surface area (Å²) in [5, 5.41) is 3.26. The van der Waals surface area contributed by atoms with Gasteiger partial charge in [0.05, 0.1) is 12.2 Å². The molecule has 1 spiro atoms. The van der Waals surface area contributed by atoms with Gasteiger partial charge in [-0.25, -0.2) is 4.79 Å². The minimum Gasteiger partial charge on any atom is -0.439 e. The second-order valence-electron chi connectivity index (χ2n) is 4.85. The molecule has 0 bridgehead atoms. The average molecular weight is 232 g/mol. The van der Waals surface area contributed by atoms with E-state index in [-0.39, 0.29) is 11.7 Å². The minimum absolute atomic E-state index is 0.219. The monoisotopic (exact) mass is 232 g/mol. The highest BCUT2D eigenvalue weighted by atomic mass is 16.6. The molecule has 4 heteroatoms. The Bertz CT molecular complexity index is 452. The number of hydrogen-bond acceptors (Lipinski definition) is 3. The summed E-state index contributed by atoms with van der Waals surface area (Å²) in [4.78, 5) is 13.7. The first kappa shape index (κ1) is 10.6. The first-order valence-corrected chi connectivity index (χ1v) is 5.97. The summed E-state index contributed by atoms with van der Waals surface area (Å²) in [6, 6.07) is 7.92. The number of nitrogens with zero attached hydrogens (tertiary/aromatic N) is 1. The quantitative estimate of drug-likeness (QED) is 0.801. The molecule has 90 valence electrons. The SMILES string of the molecule is Cc1ccccc1N1CC2(CCNC2)OC1=O. The van der Waals surface area contributed by atoms with Crippen LogP contribution in [0.15, 0.2) is 24.3 Å². The van der Waals surface area contributed by atoms with E-state index < -0.39 is 0 Å². The number of aryl methyl sites for hydroxylation is 1. The first-order chi connectivity index (χ1) is 8.20. The number of carbonyl (C=O) groups excluding carboxylic acids is 1. The lowest BCUT2D eigenvalue weighted by molar-refractivity contribution is 0.0733. The van der Waals surface area contributed by atoms with Gasteiger partial charge in [-0.1, -0.05) is 18.2 Å². The van der Waals surface area contributed by atoms with E-state index in [0.717, 1.165) is 30.8 Å². The van der Waals surface area contributed by atoms with E-state index in [1.54, 1.807) is 4.90 Å². The Morgan fingerprint density at radius 1 is 1.41 bits per heavy atom. The largest absolute Gasteiger partial charge is 0.439 e. The predicted octanol–water partition coefficient (Wildman–Crippen LogP) is 1.68. The van der Waals surface area contributed by atoms with Gasteiger partial charge in [0, 0.05) is 13.0 Å². The number of rotatable bonds is 1. The Balaban J connectivity index is 1.90. The van der Waals surface area contributed by atoms with E-state index >= 15 is 0 Å². The minimum atomic E-state index is -0.306. The number of para-hydroxylation sites is 1. The van der Waals surface area contributed by atoms with Crippen molar-refractivity contribution in [3.8, 4) is 0 Å². The zero-order chi connectivity index (χ0) is 11.9. The summed E-state index contributed by atoms with van der Waals surface area (Å²) in [5.41, 5.74) is 1.76. The lowest BCUT2D eigenvalue weighted by atomic mass is 10.0. The third-order valence-electron chi connectivity index (χ3n) is 3.58. The van der Waals surface area contributed by atoms with Gasteiger partial charge in [-0.3, -0.25) is 4.90 Å². The summed E-state index contributed by atoms with van der Waals surface area (Å²) >= 11 is 0. The van der Waals surface area contributed by atoms with Gasteiger partial charge in [-0.2, -0.15) is 0 Å². The van der Waals surface area contributed by atoms with Crippen molar-refractivity contribution < 1.29 is 9.53 Å². The maximum absolute atomic E-state index is 12.0. The van der Waals surface area contributed by atoms with Gasteiger partial charge in [-0.15, -0.1) is 0 Å². The van der Waals surface area contributed by atoms with Crippen molar-refractivity contribution in [2.75, 3.05) is 24.5 Å². The van der Waals surface area contributed by atoms with Crippen LogP contribution in [-0.2, 0) is 4.74 Å². The highest BCUT2D eigenvalue weighted by Gasteiger charge is 2.47. The summed E-state index contributed by atoms with van der Waals surface area (Å²) in [7, 11) is 0. The van der Waals surface area contributed by atoms with Crippen LogP contribution in [-0.4, -0.2) is 31.3 Å². The fraction of sp³-hybridized carbons (Fsp3) is 0.462. The second kappa shape index (κ2) is 3.74. The molecule has 4 nitrogen and oxygen atoms in total. The third-order valence-corrected chi connectivity index (χ3v) is 3.58. The number of hydrogen-bond donors (Lipinski definition) is 1. The van der Waals surface area contributed by atoms with Gasteiger partial charge in [0.2, 0.25) is 0 Å². The smallest absolute Gasteiger partial charge is 0.415 e. The number of ether oxygens (including phenoxy) is 1. The van der Waals surface area contributed by atoms with Gasteiger partial charge in [-0.05, 0) is 25.1 Å². The number of nitrogens with one attached hydrogen (secondary N) is 1. The molecule has 1 atom stereocenters. The zero-order valence-corrected chi connectivity index (χ0v) is 9.90. The molecule has 0 radical (unpaired) electrons. The highest BCUT2D eigenvalue weighted by molar-refractivity contribution is 5.91. The highest BCUT2D eigenvalue weighted by Crippen LogP contribution is 2.33. The van der Waals surface area contributed by atoms with Crippen LogP contribution in [0.5, 0.6) is 0 Å². The molecule has 2 fully saturated rings. The number of benzene rings is 1. The average Bonchev–Trinajstić information content (AvgIpc) is 2.88. The number of carbonyl (C=O) groups is 1. The van der Waals surface area contributed by atoms with Crippen LogP contribution in [0.1, 0.15) is 12.0 Å². The van der Waals surface area contributed by atoms with Crippen molar-refractivity contribution in [3.05, 3.63) is 29.8 Å². The molecule has 0 aromatic heterocycles. The topological polar surface area (TPSA) is 41.6 Å². The van der Waals surface area contributed by atoms with Gasteiger partial charge < -0.3 is 10.1 Å². The van der Waals surface area contributed by atoms with Gasteiger partial charge in [0.15, 0.2) is 0 Å². The van der Waals surface area contributed by atoms with E-state index in [4.69, 9.17) is 4.74 Å². The Morgan fingerprint density at radius 3 is 2.94 bits per heavy atom. The van der Waals surface area contributed by atoms with Crippen LogP contribution in [0.4, 0.5) is 10.5 Å². The lowest BCUT2D eigenvalue weighted by Crippen LogP contribution is -2.36. The Morgan fingerprint density at radius 2 is 2.24 bits per heavy atom. The molecule has 2 heterocycles. The first-order valence-electron chi connectivity index (χ1n) is 5.97. The summed E-state index contributed by atoms with van der Waals surface area (Å²) < 4.78 is 5.56. The molecule has 1 aromatic rings. The van der Waals surface area contributed by atoms with E-state index in [1.807, 2.05) is 31.2 Å². The van der Waals surface area contributed by atoms with Crippen molar-refractivity contribution in [2.45, 2.75) is 18.9 Å². The van der Waals surface area contributed by atoms with E-state index in [9.17, 15) is 4.79 Å². The number of amides is 1. The Labute approximate surface area is 101 Å². The molecular weight excluding hydrogens is 216 g/mol. The summed E-state index contributed by atoms with van der Waals surface area (Å²) in [6.07, 6.45) is 0.684. The predicted molar refractivity (Wildman–Crippen MR) is 65.2 cm³/mol. The molecule has 17 heavy (non-hydrogen) atoms. The molecule has 1 amide bonds. The van der Waals surface area contributed by atoms with Gasteiger partial charge in [0.25, 0.3) is 0 Å². The van der Waals surface area contributed by atoms with Crippen LogP contribution in [0.2, 0.25) is 0 Å². The third kappa shape index (κ3) is 1.69. The molecule has 2 aliphatic rings. The fourth-order valence-electron chi connectivity index (χ4n) is 2.62. The van der Waals surface area contributed by atoms with Crippen LogP contribution >= 0.6 is 0 Å². The molecule has 1 unspecified atom stereocenters. The molecule has 2 saturated heterocycles. The van der Waals surface area contributed by atoms with Crippen LogP contribution < -0.4 is 10.2 Å². The molecule has 1 N–H and O–H groups in total. The van der Waals surface area contributed by atoms with Crippen molar-refractivity contribution in [2.24, 2.45) is 0 Å². The Hall–Kier alpha value is -1.55. The van der Waals surface area contributed by atoms with E-state index in [1.165, 1.54) is 0 Å². The maximum atomic E-state index is 12.0. The van der Waals surface area contributed by atoms with Gasteiger partial charge in [0.1, 0.15) is 5.60 Å². The maximum Gasteiger partial charge on any atom is 0.415 e. The van der Waals surface area contributed by atoms with Crippen LogP contribution in [0.25, 0.3) is 0 Å². The zero-order valence-electron chi connectivity index (χ0n) is 9.90. The van der Waals surface area contributed by atoms with Crippen molar-refractivity contribution in [3.63, 3.8) is 0 Å².